The predicted octanol–water partition coefficient (Wildman–Crippen LogP) is 7.24. The molecule has 0 bridgehead atoms. The van der Waals surface area contributed by atoms with E-state index in [0.29, 0.717) is 22.3 Å². The molecule has 10 atom stereocenters. The van der Waals surface area contributed by atoms with Crippen LogP contribution in [0.2, 0.25) is 0 Å². The van der Waals surface area contributed by atoms with Gasteiger partial charge in [-0.1, -0.05) is 26.8 Å². The molecule has 0 aromatic carbocycles. The summed E-state index contributed by atoms with van der Waals surface area (Å²) < 4.78 is 6.31. The maximum atomic E-state index is 6.31. The Morgan fingerprint density at radius 3 is 2.72 bits per heavy atom. The first-order chi connectivity index (χ1) is 15.3. The van der Waals surface area contributed by atoms with Gasteiger partial charge in [0.2, 0.25) is 0 Å². The van der Waals surface area contributed by atoms with Crippen LogP contribution in [0.5, 0.6) is 0 Å². The van der Waals surface area contributed by atoms with Gasteiger partial charge in [0.05, 0.1) is 6.10 Å². The second-order valence-corrected chi connectivity index (χ2v) is 13.2. The number of fused-ring (bicyclic) bond motifs is 4. The van der Waals surface area contributed by atoms with Crippen LogP contribution in [0, 0.1) is 58.7 Å². The molecule has 1 aromatic heterocycles. The Morgan fingerprint density at radius 1 is 1.12 bits per heavy atom. The van der Waals surface area contributed by atoms with E-state index in [1.165, 1.54) is 69.0 Å². The van der Waals surface area contributed by atoms with Gasteiger partial charge in [-0.05, 0) is 129 Å². The van der Waals surface area contributed by atoms with Crippen LogP contribution >= 0.6 is 0 Å². The van der Waals surface area contributed by atoms with Crippen molar-refractivity contribution in [1.82, 2.24) is 4.98 Å². The number of rotatable bonds is 5. The van der Waals surface area contributed by atoms with Gasteiger partial charge in [-0.3, -0.25) is 4.98 Å². The number of nitrogens with zero attached hydrogens (tertiary/aromatic N) is 1. The molecule has 0 radical (unpaired) electrons. The topological polar surface area (TPSA) is 22.1 Å². The van der Waals surface area contributed by atoms with Crippen LogP contribution in [-0.2, 0) is 11.2 Å². The van der Waals surface area contributed by atoms with Crippen molar-refractivity contribution in [2.45, 2.75) is 98.0 Å². The molecular weight excluding hydrogens is 390 g/mol. The molecule has 0 aliphatic heterocycles. The van der Waals surface area contributed by atoms with Gasteiger partial charge in [-0.25, -0.2) is 0 Å². The normalized spacial score (nSPS) is 49.7. The van der Waals surface area contributed by atoms with Gasteiger partial charge in [0.15, 0.2) is 0 Å². The summed E-state index contributed by atoms with van der Waals surface area (Å²) in [6, 6.07) is 4.29. The van der Waals surface area contributed by atoms with Crippen molar-refractivity contribution >= 4 is 0 Å². The minimum Gasteiger partial charge on any atom is -0.381 e. The maximum Gasteiger partial charge on any atom is 0.0638 e. The quantitative estimate of drug-likeness (QED) is 0.486. The molecule has 6 rings (SSSR count). The molecule has 5 fully saturated rings. The summed E-state index contributed by atoms with van der Waals surface area (Å²) in [5, 5.41) is 0. The van der Waals surface area contributed by atoms with E-state index in [4.69, 9.17) is 4.74 Å². The molecule has 1 heterocycles. The lowest BCUT2D eigenvalue weighted by atomic mass is 9.45. The number of aryl methyl sites for hydroxylation is 2. The minimum absolute atomic E-state index is 0.534. The number of ether oxygens (including phenoxy) is 1. The Balaban J connectivity index is 1.21. The van der Waals surface area contributed by atoms with E-state index in [0.717, 1.165) is 41.9 Å². The zero-order valence-corrected chi connectivity index (χ0v) is 21.2. The number of aromatic nitrogens is 1. The number of methoxy groups -OCH3 is 1. The van der Waals surface area contributed by atoms with Gasteiger partial charge in [0.25, 0.3) is 0 Å². The highest BCUT2D eigenvalue weighted by Gasteiger charge is 2.77. The zero-order valence-electron chi connectivity index (χ0n) is 21.2. The monoisotopic (exact) mass is 435 g/mol. The Hall–Kier alpha value is -0.890. The van der Waals surface area contributed by atoms with Crippen LogP contribution in [0.25, 0.3) is 0 Å². The van der Waals surface area contributed by atoms with E-state index in [-0.39, 0.29) is 0 Å². The molecule has 2 nitrogen and oxygen atoms in total. The molecule has 0 saturated heterocycles. The standard InChI is InChI=1S/C30H45NO/c1-19(8-11-26-20(2)7-6-16-31-26)23-9-10-24-22-17-27(32-5)30-18-21(30)12-15-29(30,4)25(22)13-14-28(23,24)3/h6-7,16,19,21-25,27H,8-15,17-18H2,1-5H3/t19-,21-,22+,23-,24+,25+,27?,28-,29-,30?/m1/s1. The summed E-state index contributed by atoms with van der Waals surface area (Å²) in [4.78, 5) is 4.68. The first kappa shape index (κ1) is 21.6. The van der Waals surface area contributed by atoms with Crippen molar-refractivity contribution in [2.75, 3.05) is 7.11 Å². The Kier molecular flexibility index (Phi) is 4.94. The van der Waals surface area contributed by atoms with Crippen LogP contribution in [0.1, 0.15) is 89.8 Å². The lowest BCUT2D eigenvalue weighted by Gasteiger charge is -2.61. The first-order valence-electron chi connectivity index (χ1n) is 13.8. The molecular formula is C30H45NO. The second-order valence-electron chi connectivity index (χ2n) is 13.2. The average Bonchev–Trinajstić information content (AvgIpc) is 3.29. The molecule has 5 aliphatic carbocycles. The average molecular weight is 436 g/mol. The Bertz CT molecular complexity index is 881. The summed E-state index contributed by atoms with van der Waals surface area (Å²) in [5.74, 6) is 5.46. The number of pyridine rings is 1. The molecule has 1 spiro atoms. The highest BCUT2D eigenvalue weighted by molar-refractivity contribution is 5.26. The zero-order chi connectivity index (χ0) is 22.3. The second kappa shape index (κ2) is 7.30. The molecule has 2 unspecified atom stereocenters. The summed E-state index contributed by atoms with van der Waals surface area (Å²) in [5.41, 5.74) is 4.34. The van der Waals surface area contributed by atoms with Gasteiger partial charge in [0.1, 0.15) is 0 Å². The fourth-order valence-electron chi connectivity index (χ4n) is 10.9. The lowest BCUT2D eigenvalue weighted by Crippen LogP contribution is -2.57. The molecule has 0 N–H and O–H groups in total. The van der Waals surface area contributed by atoms with Gasteiger partial charge in [0, 0.05) is 24.4 Å². The molecule has 2 heteroatoms. The van der Waals surface area contributed by atoms with Crippen molar-refractivity contribution in [2.24, 2.45) is 51.8 Å². The third-order valence-electron chi connectivity index (χ3n) is 12.5. The maximum absolute atomic E-state index is 6.31. The SMILES string of the molecule is COC1C[C@H]2[C@@H]3CC[C@H]([C@H](C)CCc4ncccc4C)[C@@]3(C)CC[C@@H]2[C@@]2(C)CC[C@@H]3CC132. The fourth-order valence-corrected chi connectivity index (χ4v) is 10.9. The van der Waals surface area contributed by atoms with Crippen molar-refractivity contribution in [3.63, 3.8) is 0 Å². The summed E-state index contributed by atoms with van der Waals surface area (Å²) in [6.45, 7) is 10.2. The number of hydrogen-bond acceptors (Lipinski definition) is 2. The van der Waals surface area contributed by atoms with E-state index in [2.05, 4.69) is 44.8 Å². The van der Waals surface area contributed by atoms with Gasteiger partial charge in [-0.2, -0.15) is 0 Å². The van der Waals surface area contributed by atoms with Crippen LogP contribution in [0.15, 0.2) is 18.3 Å². The molecule has 176 valence electrons. The largest absolute Gasteiger partial charge is 0.381 e. The van der Waals surface area contributed by atoms with Gasteiger partial charge >= 0.3 is 0 Å². The van der Waals surface area contributed by atoms with Gasteiger partial charge < -0.3 is 4.74 Å². The lowest BCUT2D eigenvalue weighted by molar-refractivity contribution is -0.161. The Morgan fingerprint density at radius 2 is 1.97 bits per heavy atom. The predicted molar refractivity (Wildman–Crippen MR) is 130 cm³/mol. The van der Waals surface area contributed by atoms with Crippen molar-refractivity contribution in [1.29, 1.82) is 0 Å². The molecule has 5 saturated carbocycles. The third-order valence-corrected chi connectivity index (χ3v) is 12.5. The van der Waals surface area contributed by atoms with E-state index in [1.54, 1.807) is 0 Å². The first-order valence-corrected chi connectivity index (χ1v) is 13.8. The molecule has 0 amide bonds. The highest BCUT2D eigenvalue weighted by atomic mass is 16.5. The van der Waals surface area contributed by atoms with E-state index in [1.807, 2.05) is 13.3 Å². The van der Waals surface area contributed by atoms with Crippen LogP contribution in [0.4, 0.5) is 0 Å². The van der Waals surface area contributed by atoms with E-state index >= 15 is 0 Å². The van der Waals surface area contributed by atoms with E-state index in [9.17, 15) is 0 Å². The van der Waals surface area contributed by atoms with Crippen molar-refractivity contribution < 1.29 is 4.74 Å². The molecule has 32 heavy (non-hydrogen) atoms. The Labute approximate surface area is 196 Å². The summed E-state index contributed by atoms with van der Waals surface area (Å²) in [6.07, 6.45) is 16.6. The highest BCUT2D eigenvalue weighted by Crippen LogP contribution is 2.82. The molecule has 1 aromatic rings. The fraction of sp³-hybridized carbons (Fsp3) is 0.833. The van der Waals surface area contributed by atoms with Crippen LogP contribution < -0.4 is 0 Å². The van der Waals surface area contributed by atoms with Crippen molar-refractivity contribution in [3.05, 3.63) is 29.6 Å². The van der Waals surface area contributed by atoms with Crippen LogP contribution in [0.3, 0.4) is 0 Å². The third kappa shape index (κ3) is 2.71. The van der Waals surface area contributed by atoms with E-state index < -0.39 is 0 Å². The van der Waals surface area contributed by atoms with Crippen LogP contribution in [-0.4, -0.2) is 18.2 Å². The summed E-state index contributed by atoms with van der Waals surface area (Å²) in [7, 11) is 2.02. The number of hydrogen-bond donors (Lipinski definition) is 0. The summed E-state index contributed by atoms with van der Waals surface area (Å²) >= 11 is 0. The minimum atomic E-state index is 0.534. The smallest absolute Gasteiger partial charge is 0.0638 e. The van der Waals surface area contributed by atoms with Gasteiger partial charge in [-0.15, -0.1) is 0 Å². The van der Waals surface area contributed by atoms with Crippen molar-refractivity contribution in [3.8, 4) is 0 Å². The molecule has 5 aliphatic rings.